The number of rotatable bonds is 2. The molecule has 3 nitrogen and oxygen atoms in total. The first kappa shape index (κ1) is 5.88. The highest BCUT2D eigenvalue weighted by molar-refractivity contribution is 5.70. The van der Waals surface area contributed by atoms with Crippen molar-refractivity contribution in [2.24, 2.45) is 0 Å². The van der Waals surface area contributed by atoms with Crippen LogP contribution in [0, 0.1) is 6.92 Å². The highest BCUT2D eigenvalue weighted by Gasteiger charge is 1.92. The fourth-order valence-corrected chi connectivity index (χ4v) is 0.587. The zero-order valence-corrected chi connectivity index (χ0v) is 5.05. The molecule has 48 valence electrons. The summed E-state index contributed by atoms with van der Waals surface area (Å²) in [5.74, 6) is 0.791. The van der Waals surface area contributed by atoms with Gasteiger partial charge in [0.25, 0.3) is 0 Å². The second kappa shape index (κ2) is 2.35. The number of nitrogens with one attached hydrogen (secondary N) is 1. The molecule has 1 amide bonds. The van der Waals surface area contributed by atoms with Crippen molar-refractivity contribution in [3.05, 3.63) is 18.1 Å². The van der Waals surface area contributed by atoms with E-state index in [4.69, 9.17) is 4.42 Å². The number of amides is 1. The van der Waals surface area contributed by atoms with Crippen molar-refractivity contribution in [1.82, 2.24) is 0 Å². The summed E-state index contributed by atoms with van der Waals surface area (Å²) < 4.78 is 4.90. The number of hydrogen-bond donors (Lipinski definition) is 1. The van der Waals surface area contributed by atoms with Crippen LogP contribution in [0.4, 0.5) is 5.69 Å². The summed E-state index contributed by atoms with van der Waals surface area (Å²) >= 11 is 0. The van der Waals surface area contributed by atoms with Crippen molar-refractivity contribution < 1.29 is 9.21 Å². The van der Waals surface area contributed by atoms with E-state index in [1.807, 2.05) is 6.92 Å². The van der Waals surface area contributed by atoms with Crippen LogP contribution in [0.15, 0.2) is 16.7 Å². The van der Waals surface area contributed by atoms with Gasteiger partial charge in [0, 0.05) is 6.07 Å². The Morgan fingerprint density at radius 3 is 3.00 bits per heavy atom. The molecule has 1 rings (SSSR count). The molecule has 0 radical (unpaired) electrons. The lowest BCUT2D eigenvalue weighted by atomic mass is 10.4. The van der Waals surface area contributed by atoms with Gasteiger partial charge < -0.3 is 9.73 Å². The minimum Gasteiger partial charge on any atom is -0.467 e. The first-order valence-electron chi connectivity index (χ1n) is 2.58. The second-order valence-corrected chi connectivity index (χ2v) is 1.71. The minimum atomic E-state index is 0.615. The summed E-state index contributed by atoms with van der Waals surface area (Å²) in [6, 6.07) is 1.74. The summed E-state index contributed by atoms with van der Waals surface area (Å²) in [4.78, 5) is 9.83. The molecule has 0 fully saturated rings. The van der Waals surface area contributed by atoms with Gasteiger partial charge in [-0.05, 0) is 6.92 Å². The number of carbonyl (C=O) groups excluding carboxylic acids is 1. The molecule has 9 heavy (non-hydrogen) atoms. The monoisotopic (exact) mass is 125 g/mol. The van der Waals surface area contributed by atoms with Gasteiger partial charge in [-0.1, -0.05) is 0 Å². The highest BCUT2D eigenvalue weighted by atomic mass is 16.3. The van der Waals surface area contributed by atoms with Crippen LogP contribution >= 0.6 is 0 Å². The normalized spacial score (nSPS) is 9.00. The van der Waals surface area contributed by atoms with Crippen LogP contribution in [0.1, 0.15) is 5.76 Å². The predicted octanol–water partition coefficient (Wildman–Crippen LogP) is 1.16. The molecule has 0 atom stereocenters. The minimum absolute atomic E-state index is 0.615. The van der Waals surface area contributed by atoms with Gasteiger partial charge in [-0.2, -0.15) is 0 Å². The number of furan rings is 1. The molecule has 0 bridgehead atoms. The molecular weight excluding hydrogens is 118 g/mol. The maximum atomic E-state index is 9.83. The van der Waals surface area contributed by atoms with Gasteiger partial charge >= 0.3 is 0 Å². The maximum Gasteiger partial charge on any atom is 0.211 e. The molecule has 1 N–H and O–H groups in total. The Balaban J connectivity index is 2.72. The first-order valence-corrected chi connectivity index (χ1v) is 2.58. The van der Waals surface area contributed by atoms with Gasteiger partial charge in [-0.15, -0.1) is 0 Å². The van der Waals surface area contributed by atoms with Crippen LogP contribution in [0.5, 0.6) is 0 Å². The van der Waals surface area contributed by atoms with E-state index in [2.05, 4.69) is 5.32 Å². The van der Waals surface area contributed by atoms with Gasteiger partial charge in [0.2, 0.25) is 6.41 Å². The van der Waals surface area contributed by atoms with E-state index in [1.165, 1.54) is 6.26 Å². The highest BCUT2D eigenvalue weighted by Crippen LogP contribution is 2.09. The lowest BCUT2D eigenvalue weighted by Crippen LogP contribution is -1.89. The van der Waals surface area contributed by atoms with E-state index in [-0.39, 0.29) is 0 Å². The van der Waals surface area contributed by atoms with E-state index in [0.717, 1.165) is 5.76 Å². The Morgan fingerprint density at radius 1 is 1.78 bits per heavy atom. The molecule has 0 saturated carbocycles. The molecule has 0 aromatic carbocycles. The van der Waals surface area contributed by atoms with Gasteiger partial charge in [-0.25, -0.2) is 0 Å². The Labute approximate surface area is 52.7 Å². The molecule has 1 aromatic heterocycles. The van der Waals surface area contributed by atoms with Crippen molar-refractivity contribution in [1.29, 1.82) is 0 Å². The van der Waals surface area contributed by atoms with Gasteiger partial charge in [0.05, 0.1) is 5.69 Å². The van der Waals surface area contributed by atoms with Gasteiger partial charge in [0.15, 0.2) is 0 Å². The third-order valence-electron chi connectivity index (χ3n) is 0.956. The zero-order valence-electron chi connectivity index (χ0n) is 5.05. The summed E-state index contributed by atoms with van der Waals surface area (Å²) in [5.41, 5.74) is 0.697. The summed E-state index contributed by atoms with van der Waals surface area (Å²) in [7, 11) is 0. The third kappa shape index (κ3) is 1.32. The Hall–Kier alpha value is -1.25. The maximum absolute atomic E-state index is 9.83. The fraction of sp³-hybridized carbons (Fsp3) is 0.167. The molecular formula is C6H7NO2. The van der Waals surface area contributed by atoms with Crippen LogP contribution in [0.2, 0.25) is 0 Å². The smallest absolute Gasteiger partial charge is 0.211 e. The Morgan fingerprint density at radius 2 is 2.56 bits per heavy atom. The largest absolute Gasteiger partial charge is 0.467 e. The molecule has 0 aliphatic carbocycles. The SMILES string of the molecule is Cc1cc(NC=O)co1. The number of carbonyl (C=O) groups is 1. The molecule has 1 heterocycles. The van der Waals surface area contributed by atoms with E-state index >= 15 is 0 Å². The van der Waals surface area contributed by atoms with Crippen molar-refractivity contribution in [3.63, 3.8) is 0 Å². The average molecular weight is 125 g/mol. The molecule has 0 spiro atoms. The number of aryl methyl sites for hydroxylation is 1. The molecule has 0 unspecified atom stereocenters. The lowest BCUT2D eigenvalue weighted by molar-refractivity contribution is -0.105. The summed E-state index contributed by atoms with van der Waals surface area (Å²) in [6.07, 6.45) is 2.11. The summed E-state index contributed by atoms with van der Waals surface area (Å²) in [5, 5.41) is 2.45. The number of hydrogen-bond acceptors (Lipinski definition) is 2. The predicted molar refractivity (Wildman–Crippen MR) is 33.1 cm³/mol. The van der Waals surface area contributed by atoms with Crippen molar-refractivity contribution >= 4 is 12.1 Å². The molecule has 1 aromatic rings. The van der Waals surface area contributed by atoms with Gasteiger partial charge in [0.1, 0.15) is 12.0 Å². The lowest BCUT2D eigenvalue weighted by Gasteiger charge is -1.83. The second-order valence-electron chi connectivity index (χ2n) is 1.71. The molecule has 0 saturated heterocycles. The number of anilines is 1. The zero-order chi connectivity index (χ0) is 6.69. The summed E-state index contributed by atoms with van der Waals surface area (Å²) in [6.45, 7) is 1.82. The van der Waals surface area contributed by atoms with E-state index < -0.39 is 0 Å². The topological polar surface area (TPSA) is 42.2 Å². The van der Waals surface area contributed by atoms with Crippen LogP contribution in [-0.2, 0) is 4.79 Å². The Kier molecular flexibility index (Phi) is 1.53. The van der Waals surface area contributed by atoms with E-state index in [9.17, 15) is 4.79 Å². The standard InChI is InChI=1S/C6H7NO2/c1-5-2-6(3-9-5)7-4-8/h2-4H,1H3,(H,7,8). The van der Waals surface area contributed by atoms with Crippen LogP contribution in [0.3, 0.4) is 0 Å². The Bertz CT molecular complexity index is 205. The van der Waals surface area contributed by atoms with E-state index in [0.29, 0.717) is 12.1 Å². The first-order chi connectivity index (χ1) is 4.33. The van der Waals surface area contributed by atoms with E-state index in [1.54, 1.807) is 6.07 Å². The van der Waals surface area contributed by atoms with Crippen molar-refractivity contribution in [2.45, 2.75) is 6.92 Å². The third-order valence-corrected chi connectivity index (χ3v) is 0.956. The average Bonchev–Trinajstić information content (AvgIpc) is 2.17. The van der Waals surface area contributed by atoms with Crippen molar-refractivity contribution in [2.75, 3.05) is 5.32 Å². The van der Waals surface area contributed by atoms with Crippen LogP contribution < -0.4 is 5.32 Å². The van der Waals surface area contributed by atoms with Crippen LogP contribution in [-0.4, -0.2) is 6.41 Å². The molecule has 3 heteroatoms. The van der Waals surface area contributed by atoms with Crippen molar-refractivity contribution in [3.8, 4) is 0 Å². The van der Waals surface area contributed by atoms with Gasteiger partial charge in [-0.3, -0.25) is 4.79 Å². The molecule has 0 aliphatic rings. The molecule has 0 aliphatic heterocycles. The fourth-order valence-electron chi connectivity index (χ4n) is 0.587. The quantitative estimate of drug-likeness (QED) is 0.602. The van der Waals surface area contributed by atoms with Crippen LogP contribution in [0.25, 0.3) is 0 Å².